The van der Waals surface area contributed by atoms with Gasteiger partial charge in [0.1, 0.15) is 0 Å². The number of nitrogens with zero attached hydrogens (tertiary/aromatic N) is 4. The smallest absolute Gasteiger partial charge is 0.0966 e. The van der Waals surface area contributed by atoms with Crippen molar-refractivity contribution in [3.63, 3.8) is 0 Å². The molecule has 0 rings (SSSR count). The molecule has 0 saturated carbocycles. The molecule has 0 bridgehead atoms. The summed E-state index contributed by atoms with van der Waals surface area (Å²) in [5.41, 5.74) is 0. The molecule has 0 spiro atoms. The highest BCUT2D eigenvalue weighted by Gasteiger charge is 2.10. The van der Waals surface area contributed by atoms with Crippen molar-refractivity contribution in [2.45, 2.75) is 13.0 Å². The molecule has 0 radical (unpaired) electrons. The molecule has 0 saturated heterocycles. The fraction of sp³-hybridized carbons (Fsp3) is 0.571. The number of hydrogen-bond acceptors (Lipinski definition) is 4. The Bertz CT molecular complexity index is 237. The predicted octanol–water partition coefficient (Wildman–Crippen LogP) is 0.248. The Kier molecular flexibility index (Phi) is 2.93. The molecular formula is C7H8N4. The van der Waals surface area contributed by atoms with E-state index in [9.17, 15) is 0 Å². The van der Waals surface area contributed by atoms with E-state index in [0.29, 0.717) is 0 Å². The fourth-order valence-electron chi connectivity index (χ4n) is 0.461. The van der Waals surface area contributed by atoms with E-state index in [2.05, 4.69) is 0 Å². The van der Waals surface area contributed by atoms with Gasteiger partial charge in [-0.25, -0.2) is 0 Å². The molecule has 0 aliphatic heterocycles. The minimum atomic E-state index is -1.35. The minimum absolute atomic E-state index is 0.788. The number of hydrogen-bond donors (Lipinski definition) is 0. The van der Waals surface area contributed by atoms with E-state index >= 15 is 0 Å². The largest absolute Gasteiger partial charge is 0.262 e. The second kappa shape index (κ2) is 5.23. The Hall–Kier alpha value is -1.57. The number of nitriles is 3. The minimum Gasteiger partial charge on any atom is -0.262 e. The van der Waals surface area contributed by atoms with Crippen LogP contribution in [0.25, 0.3) is 0 Å². The van der Waals surface area contributed by atoms with Crippen LogP contribution in [0.1, 0.15) is 9.67 Å². The molecule has 0 heterocycles. The van der Waals surface area contributed by atoms with E-state index in [4.69, 9.17) is 18.5 Å². The van der Waals surface area contributed by atoms with Gasteiger partial charge in [-0.1, -0.05) is 0 Å². The van der Waals surface area contributed by atoms with E-state index in [0.717, 1.165) is 4.90 Å². The third kappa shape index (κ3) is 3.20. The molecule has 2 unspecified atom stereocenters. The quantitative estimate of drug-likeness (QED) is 0.540. The zero-order chi connectivity index (χ0) is 10.4. The van der Waals surface area contributed by atoms with Crippen molar-refractivity contribution in [2.24, 2.45) is 0 Å². The standard InChI is InChI=1S/C7H8N4/c1-7(6-10)11(4-2-8)5-3-9/h7H,4-5H2,1H3/t7-/m0/s1/i4D,5D/t4?,5?,7-. The monoisotopic (exact) mass is 150 g/mol. The van der Waals surface area contributed by atoms with Crippen LogP contribution in [0.4, 0.5) is 0 Å². The molecule has 0 fully saturated rings. The van der Waals surface area contributed by atoms with E-state index in [1.165, 1.54) is 6.92 Å². The number of rotatable bonds is 3. The van der Waals surface area contributed by atoms with Crippen LogP contribution in [0.3, 0.4) is 0 Å². The first-order chi connectivity index (χ1) is 6.08. The van der Waals surface area contributed by atoms with Gasteiger partial charge in [0.2, 0.25) is 0 Å². The van der Waals surface area contributed by atoms with Crippen LogP contribution < -0.4 is 0 Å². The van der Waals surface area contributed by atoms with Crippen LogP contribution in [0, 0.1) is 34.0 Å². The Labute approximate surface area is 68.7 Å². The lowest BCUT2D eigenvalue weighted by atomic mass is 10.3. The van der Waals surface area contributed by atoms with Gasteiger partial charge in [-0.2, -0.15) is 15.8 Å². The highest BCUT2D eigenvalue weighted by atomic mass is 15.1. The van der Waals surface area contributed by atoms with Crippen molar-refractivity contribution < 1.29 is 2.74 Å². The summed E-state index contributed by atoms with van der Waals surface area (Å²) in [5.74, 6) is 0. The van der Waals surface area contributed by atoms with Gasteiger partial charge in [-0.05, 0) is 6.92 Å². The molecule has 56 valence electrons. The van der Waals surface area contributed by atoms with Crippen molar-refractivity contribution in [1.29, 1.82) is 15.8 Å². The second-order valence-electron chi connectivity index (χ2n) is 1.77. The molecule has 3 atom stereocenters. The van der Waals surface area contributed by atoms with Gasteiger partial charge in [0.15, 0.2) is 0 Å². The van der Waals surface area contributed by atoms with E-state index in [1.54, 1.807) is 18.2 Å². The van der Waals surface area contributed by atoms with Crippen LogP contribution in [0.5, 0.6) is 0 Å². The van der Waals surface area contributed by atoms with Gasteiger partial charge in [0.05, 0.1) is 40.0 Å². The Morgan fingerprint density at radius 1 is 1.36 bits per heavy atom. The molecule has 11 heavy (non-hydrogen) atoms. The predicted molar refractivity (Wildman–Crippen MR) is 37.9 cm³/mol. The average Bonchev–Trinajstić information content (AvgIpc) is 2.16. The molecule has 0 aliphatic rings. The molecular weight excluding hydrogens is 140 g/mol. The first-order valence-electron chi connectivity index (χ1n) is 4.04. The highest BCUT2D eigenvalue weighted by Crippen LogP contribution is 1.94. The molecule has 0 N–H and O–H groups in total. The van der Waals surface area contributed by atoms with Gasteiger partial charge in [-0.3, -0.25) is 4.90 Å². The maximum absolute atomic E-state index is 8.52. The fourth-order valence-corrected chi connectivity index (χ4v) is 0.461. The molecule has 0 aliphatic carbocycles. The molecule has 4 heteroatoms. The van der Waals surface area contributed by atoms with Crippen molar-refractivity contribution in [1.82, 2.24) is 4.90 Å². The lowest BCUT2D eigenvalue weighted by molar-refractivity contribution is 0.309. The maximum Gasteiger partial charge on any atom is 0.0966 e. The highest BCUT2D eigenvalue weighted by molar-refractivity contribution is 4.95. The van der Waals surface area contributed by atoms with Gasteiger partial charge in [0, 0.05) is 0 Å². The summed E-state index contributed by atoms with van der Waals surface area (Å²) in [7, 11) is 0. The SMILES string of the molecule is [2H]C(C#N)N(C([2H])C#N)[C@@H](C)C#N. The normalized spacial score (nSPS) is 19.5. The van der Waals surface area contributed by atoms with E-state index < -0.39 is 19.1 Å². The van der Waals surface area contributed by atoms with Gasteiger partial charge < -0.3 is 0 Å². The summed E-state index contributed by atoms with van der Waals surface area (Å²) in [6.07, 6.45) is 0. The van der Waals surface area contributed by atoms with Crippen LogP contribution >= 0.6 is 0 Å². The topological polar surface area (TPSA) is 74.6 Å². The zero-order valence-corrected chi connectivity index (χ0v) is 6.02. The maximum atomic E-state index is 8.52. The molecule has 0 amide bonds. The molecule has 0 aromatic rings. The summed E-state index contributed by atoms with van der Waals surface area (Å²) in [6.45, 7) is -1.26. The zero-order valence-electron chi connectivity index (χ0n) is 8.02. The van der Waals surface area contributed by atoms with Crippen LogP contribution in [-0.2, 0) is 0 Å². The lowest BCUT2D eigenvalue weighted by Crippen LogP contribution is -2.32. The van der Waals surface area contributed by atoms with Gasteiger partial charge in [0.25, 0.3) is 0 Å². The van der Waals surface area contributed by atoms with E-state index in [-0.39, 0.29) is 0 Å². The average molecular weight is 150 g/mol. The van der Waals surface area contributed by atoms with Gasteiger partial charge >= 0.3 is 0 Å². The van der Waals surface area contributed by atoms with Gasteiger partial charge in [-0.15, -0.1) is 0 Å². The van der Waals surface area contributed by atoms with Crippen molar-refractivity contribution in [3.05, 3.63) is 0 Å². The Balaban J connectivity index is 4.71. The summed E-state index contributed by atoms with van der Waals surface area (Å²) in [5, 5.41) is 25.3. The summed E-state index contributed by atoms with van der Waals surface area (Å²) < 4.78 is 14.4. The first-order valence-corrected chi connectivity index (χ1v) is 2.89. The molecule has 0 aromatic carbocycles. The first kappa shape index (κ1) is 6.16. The van der Waals surface area contributed by atoms with Crippen molar-refractivity contribution >= 4 is 0 Å². The Morgan fingerprint density at radius 2 is 1.82 bits per heavy atom. The second-order valence-corrected chi connectivity index (χ2v) is 1.77. The summed E-state index contributed by atoms with van der Waals surface area (Å²) in [4.78, 5) is 0.917. The van der Waals surface area contributed by atoms with Crippen molar-refractivity contribution in [3.8, 4) is 18.2 Å². The lowest BCUT2D eigenvalue weighted by Gasteiger charge is -2.16. The molecule has 4 nitrogen and oxygen atoms in total. The third-order valence-corrected chi connectivity index (χ3v) is 1.05. The van der Waals surface area contributed by atoms with Crippen molar-refractivity contribution in [2.75, 3.05) is 13.0 Å². The van der Waals surface area contributed by atoms with Crippen LogP contribution in [-0.4, -0.2) is 24.0 Å². The van der Waals surface area contributed by atoms with E-state index in [1.807, 2.05) is 0 Å². The molecule has 0 aromatic heterocycles. The third-order valence-electron chi connectivity index (χ3n) is 1.05. The Morgan fingerprint density at radius 3 is 2.09 bits per heavy atom. The summed E-state index contributed by atoms with van der Waals surface area (Å²) >= 11 is 0. The van der Waals surface area contributed by atoms with Crippen LogP contribution in [0.15, 0.2) is 0 Å². The summed E-state index contributed by atoms with van der Waals surface area (Å²) in [6, 6.07) is 4.12. The van der Waals surface area contributed by atoms with Crippen LogP contribution in [0.2, 0.25) is 0 Å².